The van der Waals surface area contributed by atoms with Crippen molar-refractivity contribution in [3.8, 4) is 5.75 Å². The number of para-hydroxylation sites is 2. The maximum Gasteiger partial charge on any atom is 0.330 e. The van der Waals surface area contributed by atoms with Crippen LogP contribution in [0.2, 0.25) is 0 Å². The van der Waals surface area contributed by atoms with Crippen molar-refractivity contribution < 1.29 is 23.9 Å². The van der Waals surface area contributed by atoms with E-state index < -0.39 is 24.5 Å². The number of methoxy groups -OCH3 is 1. The van der Waals surface area contributed by atoms with Crippen LogP contribution in [0, 0.1) is 0 Å². The van der Waals surface area contributed by atoms with Gasteiger partial charge in [-0.15, -0.1) is 11.8 Å². The van der Waals surface area contributed by atoms with Gasteiger partial charge in [0.15, 0.2) is 6.61 Å². The molecule has 2 aliphatic rings. The van der Waals surface area contributed by atoms with Crippen LogP contribution in [-0.4, -0.2) is 53.1 Å². The summed E-state index contributed by atoms with van der Waals surface area (Å²) in [7, 11) is 1.51. The van der Waals surface area contributed by atoms with Crippen molar-refractivity contribution in [3.63, 3.8) is 0 Å². The fourth-order valence-corrected chi connectivity index (χ4v) is 4.58. The van der Waals surface area contributed by atoms with Crippen molar-refractivity contribution >= 4 is 35.2 Å². The molecule has 1 N–H and O–H groups in total. The van der Waals surface area contributed by atoms with E-state index in [1.165, 1.54) is 7.11 Å². The quantitative estimate of drug-likeness (QED) is 0.800. The number of nitrogens with one attached hydrogen (secondary N) is 1. The van der Waals surface area contributed by atoms with Crippen LogP contribution in [0.1, 0.15) is 19.8 Å². The summed E-state index contributed by atoms with van der Waals surface area (Å²) < 4.78 is 10.3. The standard InChI is InChI=1S/C17H20N2O5S/c1-17-8-7-15(21)19(17)12(10-25-17)16(22)24-9-14(20)18-11-5-3-4-6-13(11)23-2/h3-6,12H,7-10H2,1-2H3,(H,18,20)/t12-,17+/m0/s1. The molecule has 1 aromatic rings. The van der Waals surface area contributed by atoms with Crippen LogP contribution < -0.4 is 10.1 Å². The normalized spacial score (nSPS) is 24.8. The third-order valence-electron chi connectivity index (χ3n) is 4.44. The Hall–Kier alpha value is -2.22. The van der Waals surface area contributed by atoms with Crippen molar-refractivity contribution in [2.24, 2.45) is 0 Å². The molecule has 0 saturated carbocycles. The van der Waals surface area contributed by atoms with Crippen LogP contribution in [0.3, 0.4) is 0 Å². The van der Waals surface area contributed by atoms with Crippen LogP contribution in [0.5, 0.6) is 5.75 Å². The monoisotopic (exact) mass is 364 g/mol. The number of amides is 2. The molecule has 25 heavy (non-hydrogen) atoms. The highest BCUT2D eigenvalue weighted by Gasteiger charge is 2.53. The molecule has 2 atom stereocenters. The number of nitrogens with zero attached hydrogens (tertiary/aromatic N) is 1. The Morgan fingerprint density at radius 3 is 2.92 bits per heavy atom. The number of esters is 1. The lowest BCUT2D eigenvalue weighted by Gasteiger charge is -2.29. The van der Waals surface area contributed by atoms with Gasteiger partial charge in [0.1, 0.15) is 11.8 Å². The van der Waals surface area contributed by atoms with E-state index in [0.717, 1.165) is 6.42 Å². The van der Waals surface area contributed by atoms with Gasteiger partial charge in [-0.2, -0.15) is 0 Å². The largest absolute Gasteiger partial charge is 0.495 e. The summed E-state index contributed by atoms with van der Waals surface area (Å²) >= 11 is 1.58. The molecule has 2 heterocycles. The van der Waals surface area contributed by atoms with E-state index in [2.05, 4.69) is 5.32 Å². The molecule has 134 valence electrons. The second-order valence-electron chi connectivity index (χ2n) is 6.12. The number of hydrogen-bond acceptors (Lipinski definition) is 6. The van der Waals surface area contributed by atoms with Crippen LogP contribution >= 0.6 is 11.8 Å². The van der Waals surface area contributed by atoms with E-state index in [1.54, 1.807) is 40.9 Å². The molecule has 3 rings (SSSR count). The molecule has 2 aliphatic heterocycles. The van der Waals surface area contributed by atoms with Crippen molar-refractivity contribution in [2.45, 2.75) is 30.7 Å². The van der Waals surface area contributed by atoms with Gasteiger partial charge in [-0.3, -0.25) is 9.59 Å². The maximum atomic E-state index is 12.3. The average Bonchev–Trinajstić information content (AvgIpc) is 3.09. The lowest BCUT2D eigenvalue weighted by molar-refractivity contribution is -0.155. The minimum Gasteiger partial charge on any atom is -0.495 e. The molecule has 7 nitrogen and oxygen atoms in total. The number of ether oxygens (including phenoxy) is 2. The minimum atomic E-state index is -0.621. The fraction of sp³-hybridized carbons (Fsp3) is 0.471. The summed E-state index contributed by atoms with van der Waals surface area (Å²) in [6.07, 6.45) is 1.18. The smallest absolute Gasteiger partial charge is 0.330 e. The Bertz CT molecular complexity index is 710. The molecular weight excluding hydrogens is 344 g/mol. The van der Waals surface area contributed by atoms with Gasteiger partial charge in [-0.1, -0.05) is 12.1 Å². The summed E-state index contributed by atoms with van der Waals surface area (Å²) in [6.45, 7) is 1.56. The third kappa shape index (κ3) is 3.44. The molecule has 2 fully saturated rings. The van der Waals surface area contributed by atoms with Crippen molar-refractivity contribution in [1.82, 2.24) is 4.90 Å². The maximum absolute atomic E-state index is 12.3. The summed E-state index contributed by atoms with van der Waals surface area (Å²) in [4.78, 5) is 37.7. The Morgan fingerprint density at radius 2 is 2.16 bits per heavy atom. The molecule has 8 heteroatoms. The molecule has 0 radical (unpaired) electrons. The van der Waals surface area contributed by atoms with Gasteiger partial charge in [-0.05, 0) is 25.5 Å². The zero-order chi connectivity index (χ0) is 18.0. The number of rotatable bonds is 5. The third-order valence-corrected chi connectivity index (χ3v) is 5.95. The van der Waals surface area contributed by atoms with E-state index in [-0.39, 0.29) is 10.8 Å². The summed E-state index contributed by atoms with van der Waals surface area (Å²) in [5.41, 5.74) is 0.504. The van der Waals surface area contributed by atoms with Gasteiger partial charge in [0.2, 0.25) is 5.91 Å². The van der Waals surface area contributed by atoms with E-state index in [4.69, 9.17) is 9.47 Å². The Kier molecular flexibility index (Phi) is 4.89. The zero-order valence-corrected chi connectivity index (χ0v) is 14.9. The number of fused-ring (bicyclic) bond motifs is 1. The van der Waals surface area contributed by atoms with Crippen LogP contribution in [0.25, 0.3) is 0 Å². The fourth-order valence-electron chi connectivity index (χ4n) is 3.16. The van der Waals surface area contributed by atoms with E-state index in [9.17, 15) is 14.4 Å². The summed E-state index contributed by atoms with van der Waals surface area (Å²) in [6, 6.07) is 6.34. The van der Waals surface area contributed by atoms with Crippen molar-refractivity contribution in [2.75, 3.05) is 24.8 Å². The van der Waals surface area contributed by atoms with Gasteiger partial charge in [0, 0.05) is 12.2 Å². The predicted octanol–water partition coefficient (Wildman–Crippen LogP) is 1.63. The number of benzene rings is 1. The lowest BCUT2D eigenvalue weighted by Crippen LogP contribution is -2.47. The number of hydrogen-bond donors (Lipinski definition) is 1. The van der Waals surface area contributed by atoms with E-state index in [1.807, 2.05) is 6.92 Å². The average molecular weight is 364 g/mol. The van der Waals surface area contributed by atoms with Gasteiger partial charge in [-0.25, -0.2) is 4.79 Å². The molecule has 0 bridgehead atoms. The Morgan fingerprint density at radius 1 is 1.40 bits per heavy atom. The number of carbonyl (C=O) groups excluding carboxylic acids is 3. The van der Waals surface area contributed by atoms with Crippen molar-refractivity contribution in [1.29, 1.82) is 0 Å². The topological polar surface area (TPSA) is 84.9 Å². The molecule has 2 amide bonds. The highest BCUT2D eigenvalue weighted by Crippen LogP contribution is 2.47. The molecular formula is C17H20N2O5S. The van der Waals surface area contributed by atoms with E-state index in [0.29, 0.717) is 23.6 Å². The summed E-state index contributed by atoms with van der Waals surface area (Å²) in [5.74, 6) is -0.0174. The first-order valence-electron chi connectivity index (χ1n) is 8.00. The molecule has 1 aromatic carbocycles. The van der Waals surface area contributed by atoms with Gasteiger partial charge < -0.3 is 19.7 Å². The number of anilines is 1. The molecule has 0 unspecified atom stereocenters. The molecule has 2 saturated heterocycles. The van der Waals surface area contributed by atoms with Crippen LogP contribution in [-0.2, 0) is 19.1 Å². The van der Waals surface area contributed by atoms with Crippen molar-refractivity contribution in [3.05, 3.63) is 24.3 Å². The first kappa shape index (κ1) is 17.6. The highest BCUT2D eigenvalue weighted by molar-refractivity contribution is 8.01. The predicted molar refractivity (Wildman–Crippen MR) is 93.3 cm³/mol. The molecule has 0 spiro atoms. The first-order chi connectivity index (χ1) is 11.9. The highest BCUT2D eigenvalue weighted by atomic mass is 32.2. The molecule has 0 aromatic heterocycles. The zero-order valence-electron chi connectivity index (χ0n) is 14.1. The van der Waals surface area contributed by atoms with Crippen LogP contribution in [0.4, 0.5) is 5.69 Å². The summed E-state index contributed by atoms with van der Waals surface area (Å²) in [5, 5.41) is 2.64. The van der Waals surface area contributed by atoms with Crippen LogP contribution in [0.15, 0.2) is 24.3 Å². The van der Waals surface area contributed by atoms with Gasteiger partial charge in [0.05, 0.1) is 17.7 Å². The molecule has 0 aliphatic carbocycles. The minimum absolute atomic E-state index is 0.0343. The first-order valence-corrected chi connectivity index (χ1v) is 8.99. The van der Waals surface area contributed by atoms with E-state index >= 15 is 0 Å². The number of carbonyl (C=O) groups is 3. The second kappa shape index (κ2) is 6.95. The Balaban J connectivity index is 1.56. The number of thioether (sulfide) groups is 1. The van der Waals surface area contributed by atoms with Gasteiger partial charge in [0.25, 0.3) is 5.91 Å². The van der Waals surface area contributed by atoms with Gasteiger partial charge >= 0.3 is 5.97 Å². The lowest BCUT2D eigenvalue weighted by atomic mass is 10.2. The second-order valence-corrected chi connectivity index (χ2v) is 7.62. The SMILES string of the molecule is COc1ccccc1NC(=O)COC(=O)[C@@H]1CS[C@]2(C)CCC(=O)N12. The Labute approximate surface area is 150 Å².